The SMILES string of the molecule is N#Cc1ccc2c3c(n(C(=O)NCc4ccnc(Cl)c4)c2c1)CCN(C/C=C/c1ccncc1)C3. The number of aromatic nitrogens is 3. The number of nitriles is 1. The number of benzene rings is 1. The molecule has 4 heterocycles. The quantitative estimate of drug-likeness (QED) is 0.413. The Morgan fingerprint density at radius 3 is 2.83 bits per heavy atom. The molecule has 0 radical (unpaired) electrons. The van der Waals surface area contributed by atoms with Crippen molar-refractivity contribution in [1.82, 2.24) is 24.8 Å². The molecule has 0 atom stereocenters. The summed E-state index contributed by atoms with van der Waals surface area (Å²) in [6.45, 7) is 2.71. The highest BCUT2D eigenvalue weighted by Crippen LogP contribution is 2.31. The first-order chi connectivity index (χ1) is 17.1. The average molecular weight is 483 g/mol. The molecular weight excluding hydrogens is 460 g/mol. The normalized spacial score (nSPS) is 13.6. The highest BCUT2D eigenvalue weighted by molar-refractivity contribution is 6.29. The molecule has 3 aromatic heterocycles. The fourth-order valence-electron chi connectivity index (χ4n) is 4.49. The third-order valence-electron chi connectivity index (χ3n) is 6.18. The van der Waals surface area contributed by atoms with Crippen LogP contribution in [-0.2, 0) is 19.5 Å². The van der Waals surface area contributed by atoms with E-state index in [4.69, 9.17) is 11.6 Å². The van der Waals surface area contributed by atoms with Crippen LogP contribution in [0.25, 0.3) is 17.0 Å². The van der Waals surface area contributed by atoms with E-state index >= 15 is 0 Å². The van der Waals surface area contributed by atoms with Gasteiger partial charge in [-0.25, -0.2) is 9.78 Å². The maximum atomic E-state index is 13.4. The van der Waals surface area contributed by atoms with Gasteiger partial charge in [-0.1, -0.05) is 29.8 Å². The van der Waals surface area contributed by atoms with Crippen LogP contribution in [0.2, 0.25) is 5.15 Å². The summed E-state index contributed by atoms with van der Waals surface area (Å²) in [6, 6.07) is 15.0. The Morgan fingerprint density at radius 2 is 2.03 bits per heavy atom. The van der Waals surface area contributed by atoms with E-state index in [1.54, 1.807) is 35.3 Å². The van der Waals surface area contributed by atoms with Crippen molar-refractivity contribution in [3.05, 3.63) is 100 Å². The molecule has 0 aliphatic carbocycles. The van der Waals surface area contributed by atoms with Crippen molar-refractivity contribution in [1.29, 1.82) is 5.26 Å². The van der Waals surface area contributed by atoms with E-state index in [9.17, 15) is 10.1 Å². The van der Waals surface area contributed by atoms with Crippen molar-refractivity contribution in [3.8, 4) is 6.07 Å². The van der Waals surface area contributed by atoms with Crippen LogP contribution >= 0.6 is 11.6 Å². The third-order valence-corrected chi connectivity index (χ3v) is 6.38. The first kappa shape index (κ1) is 22.8. The Balaban J connectivity index is 1.41. The minimum atomic E-state index is -0.217. The number of nitrogens with zero attached hydrogens (tertiary/aromatic N) is 5. The minimum absolute atomic E-state index is 0.217. The molecule has 0 saturated carbocycles. The number of hydrogen-bond acceptors (Lipinski definition) is 5. The lowest BCUT2D eigenvalue weighted by atomic mass is 10.0. The van der Waals surface area contributed by atoms with E-state index in [2.05, 4.69) is 38.4 Å². The number of carbonyl (C=O) groups excluding carboxylic acids is 1. The van der Waals surface area contributed by atoms with Gasteiger partial charge >= 0.3 is 6.03 Å². The van der Waals surface area contributed by atoms with Crippen molar-refractivity contribution in [3.63, 3.8) is 0 Å². The predicted molar refractivity (Wildman–Crippen MR) is 136 cm³/mol. The fourth-order valence-corrected chi connectivity index (χ4v) is 4.69. The van der Waals surface area contributed by atoms with Gasteiger partial charge in [-0.15, -0.1) is 0 Å². The Morgan fingerprint density at radius 1 is 1.17 bits per heavy atom. The van der Waals surface area contributed by atoms with Crippen LogP contribution in [0.4, 0.5) is 4.79 Å². The lowest BCUT2D eigenvalue weighted by Gasteiger charge is -2.27. The topological polar surface area (TPSA) is 86.8 Å². The fraction of sp³-hybridized carbons (Fsp3) is 0.185. The second-order valence-corrected chi connectivity index (χ2v) is 8.81. The molecule has 35 heavy (non-hydrogen) atoms. The van der Waals surface area contributed by atoms with Crippen LogP contribution < -0.4 is 5.32 Å². The molecule has 0 bridgehead atoms. The van der Waals surface area contributed by atoms with E-state index in [0.29, 0.717) is 17.3 Å². The van der Waals surface area contributed by atoms with Gasteiger partial charge in [0, 0.05) is 62.3 Å². The maximum Gasteiger partial charge on any atom is 0.326 e. The maximum absolute atomic E-state index is 13.4. The first-order valence-corrected chi connectivity index (χ1v) is 11.7. The standard InChI is InChI=1S/C27H23ClN6O/c28-26-15-21(7-11-31-26)17-32-27(35)34-24-8-13-33(12-1-2-19-5-9-30-10-6-19)18-23(24)22-4-3-20(16-29)14-25(22)34/h1-7,9-11,14-15H,8,12-13,17-18H2,(H,32,35)/b2-1+. The van der Waals surface area contributed by atoms with Crippen LogP contribution in [0, 0.1) is 11.3 Å². The van der Waals surface area contributed by atoms with Gasteiger partial charge in [-0.05, 0) is 53.1 Å². The molecular formula is C27H23ClN6O. The van der Waals surface area contributed by atoms with Gasteiger partial charge in [-0.2, -0.15) is 5.26 Å². The predicted octanol–water partition coefficient (Wildman–Crippen LogP) is 4.79. The van der Waals surface area contributed by atoms with Crippen molar-refractivity contribution >= 4 is 34.6 Å². The summed E-state index contributed by atoms with van der Waals surface area (Å²) in [6.07, 6.45) is 10.2. The van der Waals surface area contributed by atoms with Crippen LogP contribution in [0.1, 0.15) is 27.9 Å². The molecule has 0 spiro atoms. The number of hydrogen-bond donors (Lipinski definition) is 1. The van der Waals surface area contributed by atoms with Crippen LogP contribution in [0.5, 0.6) is 0 Å². The number of carbonyl (C=O) groups is 1. The summed E-state index contributed by atoms with van der Waals surface area (Å²) in [5, 5.41) is 13.8. The van der Waals surface area contributed by atoms with Gasteiger partial charge in [0.2, 0.25) is 0 Å². The van der Waals surface area contributed by atoms with Gasteiger partial charge < -0.3 is 5.32 Å². The Hall–Kier alpha value is -3.99. The number of pyridine rings is 2. The van der Waals surface area contributed by atoms with Gasteiger partial charge in [0.1, 0.15) is 5.15 Å². The van der Waals surface area contributed by atoms with Crippen LogP contribution in [0.3, 0.4) is 0 Å². The summed E-state index contributed by atoms with van der Waals surface area (Å²) in [7, 11) is 0. The monoisotopic (exact) mass is 482 g/mol. The Kier molecular flexibility index (Phi) is 6.57. The molecule has 0 fully saturated rings. The molecule has 7 nitrogen and oxygen atoms in total. The summed E-state index contributed by atoms with van der Waals surface area (Å²) in [4.78, 5) is 23.7. The molecule has 1 amide bonds. The largest absolute Gasteiger partial charge is 0.333 e. The molecule has 1 aromatic carbocycles. The number of amides is 1. The van der Waals surface area contributed by atoms with Crippen LogP contribution in [-0.4, -0.2) is 38.6 Å². The molecule has 0 saturated heterocycles. The minimum Gasteiger partial charge on any atom is -0.333 e. The molecule has 1 N–H and O–H groups in total. The van der Waals surface area contributed by atoms with Crippen molar-refractivity contribution < 1.29 is 4.79 Å². The number of halogens is 1. The van der Waals surface area contributed by atoms with Gasteiger partial charge in [0.15, 0.2) is 0 Å². The van der Waals surface area contributed by atoms with Gasteiger partial charge in [-0.3, -0.25) is 14.5 Å². The van der Waals surface area contributed by atoms with E-state index in [1.165, 1.54) is 0 Å². The number of nitrogens with one attached hydrogen (secondary N) is 1. The van der Waals surface area contributed by atoms with Crippen LogP contribution in [0.15, 0.2) is 67.1 Å². The average Bonchev–Trinajstić information content (AvgIpc) is 3.21. The Labute approximate surface area is 208 Å². The zero-order valence-corrected chi connectivity index (χ0v) is 19.7. The van der Waals surface area contributed by atoms with Crippen molar-refractivity contribution in [2.45, 2.75) is 19.5 Å². The lowest BCUT2D eigenvalue weighted by Crippen LogP contribution is -2.34. The van der Waals surface area contributed by atoms with Gasteiger partial charge in [0.25, 0.3) is 0 Å². The van der Waals surface area contributed by atoms with E-state index in [1.807, 2.05) is 30.3 Å². The molecule has 5 rings (SSSR count). The summed E-state index contributed by atoms with van der Waals surface area (Å²) in [5.41, 5.74) is 5.40. The highest BCUT2D eigenvalue weighted by Gasteiger charge is 2.26. The Bertz CT molecular complexity index is 1450. The molecule has 4 aromatic rings. The van der Waals surface area contributed by atoms with Gasteiger partial charge in [0.05, 0.1) is 17.1 Å². The second-order valence-electron chi connectivity index (χ2n) is 8.42. The molecule has 1 aliphatic heterocycles. The van der Waals surface area contributed by atoms with Crippen molar-refractivity contribution in [2.24, 2.45) is 0 Å². The van der Waals surface area contributed by atoms with E-state index in [0.717, 1.165) is 59.3 Å². The number of fused-ring (bicyclic) bond motifs is 3. The molecule has 1 aliphatic rings. The smallest absolute Gasteiger partial charge is 0.326 e. The van der Waals surface area contributed by atoms with E-state index in [-0.39, 0.29) is 6.03 Å². The molecule has 8 heteroatoms. The second kappa shape index (κ2) is 10.1. The summed E-state index contributed by atoms with van der Waals surface area (Å²) >= 11 is 5.98. The van der Waals surface area contributed by atoms with Crippen molar-refractivity contribution in [2.75, 3.05) is 13.1 Å². The first-order valence-electron chi connectivity index (χ1n) is 11.4. The summed E-state index contributed by atoms with van der Waals surface area (Å²) < 4.78 is 1.73. The number of rotatable bonds is 5. The van der Waals surface area contributed by atoms with E-state index < -0.39 is 0 Å². The molecule has 0 unspecified atom stereocenters. The third kappa shape index (κ3) is 4.94. The highest BCUT2D eigenvalue weighted by atomic mass is 35.5. The summed E-state index contributed by atoms with van der Waals surface area (Å²) in [5.74, 6) is 0. The zero-order chi connectivity index (χ0) is 24.2. The zero-order valence-electron chi connectivity index (χ0n) is 19.0. The lowest BCUT2D eigenvalue weighted by molar-refractivity contribution is 0.240. The molecule has 174 valence electrons.